The van der Waals surface area contributed by atoms with Crippen LogP contribution >= 0.6 is 0 Å². The molecule has 2 rings (SSSR count). The quantitative estimate of drug-likeness (QED) is 0.801. The third kappa shape index (κ3) is 3.01. The maximum Gasteiger partial charge on any atom is 0.0404 e. The second-order valence-electron chi connectivity index (χ2n) is 5.86. The molecule has 1 aromatic carbocycles. The lowest BCUT2D eigenvalue weighted by Gasteiger charge is -2.30. The number of hydrogen-bond acceptors (Lipinski definition) is 2. The van der Waals surface area contributed by atoms with Crippen LogP contribution in [0.5, 0.6) is 0 Å². The Morgan fingerprint density at radius 3 is 2.59 bits per heavy atom. The van der Waals surface area contributed by atoms with Crippen LogP contribution in [0.25, 0.3) is 0 Å². The van der Waals surface area contributed by atoms with Crippen LogP contribution in [-0.2, 0) is 5.41 Å². The van der Waals surface area contributed by atoms with E-state index in [1.165, 1.54) is 24.2 Å². The monoisotopic (exact) mass is 232 g/mol. The molecule has 1 aromatic rings. The molecule has 0 amide bonds. The second-order valence-corrected chi connectivity index (χ2v) is 5.86. The van der Waals surface area contributed by atoms with Crippen molar-refractivity contribution in [3.8, 4) is 0 Å². The van der Waals surface area contributed by atoms with Crippen LogP contribution in [0.3, 0.4) is 0 Å². The largest absolute Gasteiger partial charge is 0.370 e. The number of anilines is 1. The Morgan fingerprint density at radius 2 is 1.82 bits per heavy atom. The molecule has 0 atom stereocenters. The van der Waals surface area contributed by atoms with E-state index in [0.29, 0.717) is 0 Å². The van der Waals surface area contributed by atoms with Gasteiger partial charge < -0.3 is 10.2 Å². The molecule has 0 saturated carbocycles. The zero-order chi connectivity index (χ0) is 12.3. The number of nitrogens with one attached hydrogen (secondary N) is 1. The third-order valence-corrected chi connectivity index (χ3v) is 3.39. The van der Waals surface area contributed by atoms with E-state index in [0.717, 1.165) is 19.6 Å². The fourth-order valence-electron chi connectivity index (χ4n) is 2.47. The molecule has 0 aliphatic carbocycles. The van der Waals surface area contributed by atoms with Gasteiger partial charge in [-0.2, -0.15) is 0 Å². The predicted molar refractivity (Wildman–Crippen MR) is 74.8 cm³/mol. The predicted octanol–water partition coefficient (Wildman–Crippen LogP) is 2.78. The summed E-state index contributed by atoms with van der Waals surface area (Å²) in [7, 11) is 0. The zero-order valence-corrected chi connectivity index (χ0v) is 11.3. The molecule has 1 saturated heterocycles. The van der Waals surface area contributed by atoms with Crippen molar-refractivity contribution in [3.05, 3.63) is 29.8 Å². The lowest BCUT2D eigenvalue weighted by atomic mass is 9.85. The minimum absolute atomic E-state index is 0.219. The maximum atomic E-state index is 3.46. The summed E-state index contributed by atoms with van der Waals surface area (Å²) in [5, 5.41) is 3.46. The molecule has 1 heterocycles. The summed E-state index contributed by atoms with van der Waals surface area (Å²) in [6.07, 6.45) is 1.23. The first-order valence-corrected chi connectivity index (χ1v) is 6.64. The van der Waals surface area contributed by atoms with Gasteiger partial charge in [0.1, 0.15) is 0 Å². The van der Waals surface area contributed by atoms with E-state index >= 15 is 0 Å². The number of benzene rings is 1. The Morgan fingerprint density at radius 1 is 1.06 bits per heavy atom. The molecule has 1 fully saturated rings. The van der Waals surface area contributed by atoms with Gasteiger partial charge in [0, 0.05) is 25.3 Å². The summed E-state index contributed by atoms with van der Waals surface area (Å²) in [6.45, 7) is 11.4. The SMILES string of the molecule is CC(C)(C)c1ccccc1N1CCCNCC1. The summed E-state index contributed by atoms with van der Waals surface area (Å²) in [5.41, 5.74) is 3.10. The van der Waals surface area contributed by atoms with E-state index in [1.807, 2.05) is 0 Å². The molecule has 94 valence electrons. The molecule has 0 bridgehead atoms. The summed E-state index contributed by atoms with van der Waals surface area (Å²) in [6, 6.07) is 8.85. The Balaban J connectivity index is 2.30. The topological polar surface area (TPSA) is 15.3 Å². The number of nitrogens with zero attached hydrogens (tertiary/aromatic N) is 1. The smallest absolute Gasteiger partial charge is 0.0404 e. The highest BCUT2D eigenvalue weighted by Crippen LogP contribution is 2.31. The van der Waals surface area contributed by atoms with E-state index in [-0.39, 0.29) is 5.41 Å². The normalized spacial score (nSPS) is 17.9. The second kappa shape index (κ2) is 5.09. The van der Waals surface area contributed by atoms with Crippen LogP contribution < -0.4 is 10.2 Å². The molecule has 0 unspecified atom stereocenters. The Labute approximate surface area is 105 Å². The molecule has 0 aromatic heterocycles. The zero-order valence-electron chi connectivity index (χ0n) is 11.3. The van der Waals surface area contributed by atoms with Crippen molar-refractivity contribution in [1.82, 2.24) is 5.32 Å². The van der Waals surface area contributed by atoms with Crippen LogP contribution in [-0.4, -0.2) is 26.2 Å². The molecule has 2 nitrogen and oxygen atoms in total. The lowest BCUT2D eigenvalue weighted by molar-refractivity contribution is 0.587. The summed E-state index contributed by atoms with van der Waals surface area (Å²) in [5.74, 6) is 0. The first kappa shape index (κ1) is 12.4. The van der Waals surface area contributed by atoms with E-state index in [2.05, 4.69) is 55.3 Å². The molecular weight excluding hydrogens is 208 g/mol. The van der Waals surface area contributed by atoms with Gasteiger partial charge in [-0.05, 0) is 30.0 Å². The molecule has 0 spiro atoms. The molecule has 1 aliphatic rings. The Hall–Kier alpha value is -1.02. The molecule has 1 N–H and O–H groups in total. The average molecular weight is 232 g/mol. The van der Waals surface area contributed by atoms with E-state index in [4.69, 9.17) is 0 Å². The molecule has 0 radical (unpaired) electrons. The van der Waals surface area contributed by atoms with Gasteiger partial charge in [-0.15, -0.1) is 0 Å². The minimum Gasteiger partial charge on any atom is -0.370 e. The standard InChI is InChI=1S/C15H24N2/c1-15(2,3)13-7-4-5-8-14(13)17-11-6-9-16-10-12-17/h4-5,7-8,16H,6,9-12H2,1-3H3. The highest BCUT2D eigenvalue weighted by atomic mass is 15.2. The van der Waals surface area contributed by atoms with Gasteiger partial charge in [0.05, 0.1) is 0 Å². The summed E-state index contributed by atoms with van der Waals surface area (Å²) < 4.78 is 0. The fraction of sp³-hybridized carbons (Fsp3) is 0.600. The van der Waals surface area contributed by atoms with E-state index in [9.17, 15) is 0 Å². The first-order chi connectivity index (χ1) is 8.09. The van der Waals surface area contributed by atoms with Crippen molar-refractivity contribution in [2.24, 2.45) is 0 Å². The Bertz CT molecular complexity index is 357. The van der Waals surface area contributed by atoms with Crippen LogP contribution in [0.15, 0.2) is 24.3 Å². The van der Waals surface area contributed by atoms with Crippen LogP contribution in [0.4, 0.5) is 5.69 Å². The fourth-order valence-corrected chi connectivity index (χ4v) is 2.47. The van der Waals surface area contributed by atoms with Gasteiger partial charge in [0.25, 0.3) is 0 Å². The highest BCUT2D eigenvalue weighted by Gasteiger charge is 2.21. The highest BCUT2D eigenvalue weighted by molar-refractivity contribution is 5.56. The van der Waals surface area contributed by atoms with Crippen molar-refractivity contribution in [2.45, 2.75) is 32.6 Å². The van der Waals surface area contributed by atoms with Crippen molar-refractivity contribution in [1.29, 1.82) is 0 Å². The summed E-state index contributed by atoms with van der Waals surface area (Å²) in [4.78, 5) is 2.53. The molecular formula is C15H24N2. The third-order valence-electron chi connectivity index (χ3n) is 3.39. The molecule has 2 heteroatoms. The van der Waals surface area contributed by atoms with Gasteiger partial charge in [-0.25, -0.2) is 0 Å². The van der Waals surface area contributed by atoms with Gasteiger partial charge in [-0.1, -0.05) is 39.0 Å². The van der Waals surface area contributed by atoms with Gasteiger partial charge in [0.2, 0.25) is 0 Å². The molecule has 1 aliphatic heterocycles. The minimum atomic E-state index is 0.219. The number of rotatable bonds is 1. The Kier molecular flexibility index (Phi) is 3.72. The average Bonchev–Trinajstić information content (AvgIpc) is 2.56. The number of para-hydroxylation sites is 1. The summed E-state index contributed by atoms with van der Waals surface area (Å²) >= 11 is 0. The maximum absolute atomic E-state index is 3.46. The van der Waals surface area contributed by atoms with Crippen LogP contribution in [0.1, 0.15) is 32.8 Å². The molecule has 17 heavy (non-hydrogen) atoms. The van der Waals surface area contributed by atoms with Crippen molar-refractivity contribution >= 4 is 5.69 Å². The van der Waals surface area contributed by atoms with E-state index < -0.39 is 0 Å². The van der Waals surface area contributed by atoms with Crippen molar-refractivity contribution in [2.75, 3.05) is 31.1 Å². The van der Waals surface area contributed by atoms with Crippen molar-refractivity contribution < 1.29 is 0 Å². The van der Waals surface area contributed by atoms with Gasteiger partial charge in [-0.3, -0.25) is 0 Å². The lowest BCUT2D eigenvalue weighted by Crippen LogP contribution is -2.30. The van der Waals surface area contributed by atoms with Gasteiger partial charge in [0.15, 0.2) is 0 Å². The number of hydrogen-bond donors (Lipinski definition) is 1. The van der Waals surface area contributed by atoms with Crippen LogP contribution in [0, 0.1) is 0 Å². The van der Waals surface area contributed by atoms with Gasteiger partial charge >= 0.3 is 0 Å². The first-order valence-electron chi connectivity index (χ1n) is 6.64. The van der Waals surface area contributed by atoms with Crippen LogP contribution in [0.2, 0.25) is 0 Å². The van der Waals surface area contributed by atoms with E-state index in [1.54, 1.807) is 0 Å². The van der Waals surface area contributed by atoms with Crippen molar-refractivity contribution in [3.63, 3.8) is 0 Å².